The molecule has 6 nitrogen and oxygen atoms in total. The number of para-hydroxylation sites is 1. The summed E-state index contributed by atoms with van der Waals surface area (Å²) >= 11 is 1.27. The van der Waals surface area contributed by atoms with Gasteiger partial charge in [0.1, 0.15) is 18.2 Å². The van der Waals surface area contributed by atoms with Crippen molar-refractivity contribution in [2.75, 3.05) is 6.61 Å². The zero-order valence-corrected chi connectivity index (χ0v) is 25.6. The van der Waals surface area contributed by atoms with Gasteiger partial charge in [0.05, 0.1) is 28.5 Å². The largest absolute Gasteiger partial charge is 0.488 e. The molecule has 2 heterocycles. The lowest BCUT2D eigenvalue weighted by Gasteiger charge is -2.26. The van der Waals surface area contributed by atoms with Gasteiger partial charge in [0.2, 0.25) is 0 Å². The molecule has 0 aliphatic carbocycles. The second-order valence-electron chi connectivity index (χ2n) is 10.7. The maximum atomic E-state index is 14.2. The number of hydrogen-bond acceptors (Lipinski definition) is 6. The first kappa shape index (κ1) is 30.2. The summed E-state index contributed by atoms with van der Waals surface area (Å²) in [6.45, 7) is 8.32. The fourth-order valence-electron chi connectivity index (χ4n) is 5.14. The van der Waals surface area contributed by atoms with Crippen LogP contribution in [0.15, 0.2) is 93.9 Å². The van der Waals surface area contributed by atoms with Crippen molar-refractivity contribution in [2.24, 2.45) is 4.99 Å². The third-order valence-electron chi connectivity index (χ3n) is 7.36. The van der Waals surface area contributed by atoms with Crippen LogP contribution in [0.3, 0.4) is 0 Å². The first-order valence-corrected chi connectivity index (χ1v) is 15.4. The minimum absolute atomic E-state index is 0.0500. The number of carbonyl (C=O) groups is 1. The monoisotopic (exact) mass is 598 g/mol. The summed E-state index contributed by atoms with van der Waals surface area (Å²) in [4.78, 5) is 32.9. The second kappa shape index (κ2) is 13.3. The molecule has 43 heavy (non-hydrogen) atoms. The molecule has 0 saturated carbocycles. The standard InChI is InChI=1S/C35H35FN2O4S/c1-5-11-28-31(34(40)41-6-2)32(24-18-16-23(17-19-24)22(3)4)38-33(39)30(43-35(38)37-28)20-25-12-8-10-15-29(25)42-21-26-13-7-9-14-27(26)36/h7-10,12-20,22,32H,5-6,11,21H2,1-4H3/b30-20-/t32-/m1/s1. The second-order valence-corrected chi connectivity index (χ2v) is 11.7. The molecule has 222 valence electrons. The van der Waals surface area contributed by atoms with E-state index in [0.29, 0.717) is 49.8 Å². The van der Waals surface area contributed by atoms with E-state index in [1.54, 1.807) is 41.8 Å². The molecule has 0 spiro atoms. The van der Waals surface area contributed by atoms with Gasteiger partial charge >= 0.3 is 5.97 Å². The molecule has 0 fully saturated rings. The summed E-state index contributed by atoms with van der Waals surface area (Å²) in [5.74, 6) is 0.0625. The summed E-state index contributed by atoms with van der Waals surface area (Å²) in [6, 6.07) is 21.2. The Morgan fingerprint density at radius 1 is 1.05 bits per heavy atom. The molecule has 1 atom stereocenters. The van der Waals surface area contributed by atoms with Gasteiger partial charge in [-0.1, -0.05) is 99.2 Å². The number of esters is 1. The van der Waals surface area contributed by atoms with Crippen LogP contribution >= 0.6 is 11.3 Å². The predicted octanol–water partition coefficient (Wildman–Crippen LogP) is 6.42. The van der Waals surface area contributed by atoms with Crippen LogP contribution in [0.5, 0.6) is 5.75 Å². The number of aromatic nitrogens is 1. The van der Waals surface area contributed by atoms with E-state index >= 15 is 0 Å². The van der Waals surface area contributed by atoms with Crippen LogP contribution in [0, 0.1) is 5.82 Å². The van der Waals surface area contributed by atoms with Crippen molar-refractivity contribution in [1.82, 2.24) is 4.57 Å². The summed E-state index contributed by atoms with van der Waals surface area (Å²) in [6.07, 6.45) is 3.13. The molecule has 8 heteroatoms. The molecular weight excluding hydrogens is 563 g/mol. The van der Waals surface area contributed by atoms with Crippen LogP contribution in [-0.2, 0) is 16.1 Å². The Morgan fingerprint density at radius 3 is 2.47 bits per heavy atom. The smallest absolute Gasteiger partial charge is 0.338 e. The highest BCUT2D eigenvalue weighted by Gasteiger charge is 2.34. The minimum atomic E-state index is -0.673. The van der Waals surface area contributed by atoms with Crippen molar-refractivity contribution < 1.29 is 18.7 Å². The zero-order chi connectivity index (χ0) is 30.5. The molecule has 0 amide bonds. The van der Waals surface area contributed by atoms with E-state index in [1.165, 1.54) is 23.0 Å². The highest BCUT2D eigenvalue weighted by atomic mass is 32.1. The molecule has 0 radical (unpaired) electrons. The van der Waals surface area contributed by atoms with Crippen LogP contribution < -0.4 is 19.6 Å². The molecular formula is C35H35FN2O4S. The van der Waals surface area contributed by atoms with Crippen molar-refractivity contribution >= 4 is 23.4 Å². The molecule has 0 N–H and O–H groups in total. The first-order chi connectivity index (χ1) is 20.8. The number of benzene rings is 3. The van der Waals surface area contributed by atoms with E-state index in [2.05, 4.69) is 13.8 Å². The van der Waals surface area contributed by atoms with Gasteiger partial charge in [-0.25, -0.2) is 14.2 Å². The molecule has 0 bridgehead atoms. The minimum Gasteiger partial charge on any atom is -0.488 e. The van der Waals surface area contributed by atoms with Gasteiger partial charge in [0.25, 0.3) is 5.56 Å². The highest BCUT2D eigenvalue weighted by molar-refractivity contribution is 7.07. The number of carbonyl (C=O) groups excluding carboxylic acids is 1. The van der Waals surface area contributed by atoms with Crippen molar-refractivity contribution in [3.63, 3.8) is 0 Å². The molecule has 1 aliphatic rings. The highest BCUT2D eigenvalue weighted by Crippen LogP contribution is 2.33. The lowest BCUT2D eigenvalue weighted by atomic mass is 9.92. The number of fused-ring (bicyclic) bond motifs is 1. The van der Waals surface area contributed by atoms with E-state index < -0.39 is 12.0 Å². The van der Waals surface area contributed by atoms with Gasteiger partial charge in [-0.2, -0.15) is 0 Å². The van der Waals surface area contributed by atoms with Gasteiger partial charge in [-0.3, -0.25) is 9.36 Å². The number of ether oxygens (including phenoxy) is 2. The Hall–Kier alpha value is -4.30. The zero-order valence-electron chi connectivity index (χ0n) is 24.8. The Labute approximate surface area is 254 Å². The molecule has 0 saturated heterocycles. The molecule has 1 aromatic heterocycles. The van der Waals surface area contributed by atoms with Gasteiger partial charge < -0.3 is 9.47 Å². The van der Waals surface area contributed by atoms with Gasteiger partial charge in [-0.05, 0) is 48.6 Å². The Kier molecular flexibility index (Phi) is 9.36. The van der Waals surface area contributed by atoms with Crippen molar-refractivity contribution in [3.8, 4) is 5.75 Å². The Morgan fingerprint density at radius 2 is 1.77 bits per heavy atom. The van der Waals surface area contributed by atoms with Gasteiger partial charge in [0.15, 0.2) is 4.80 Å². The summed E-state index contributed by atoms with van der Waals surface area (Å²) in [5.41, 5.74) is 3.88. The van der Waals surface area contributed by atoms with Gasteiger partial charge in [0, 0.05) is 11.1 Å². The quantitative estimate of drug-likeness (QED) is 0.198. The van der Waals surface area contributed by atoms with E-state index in [9.17, 15) is 14.0 Å². The predicted molar refractivity (Wildman–Crippen MR) is 167 cm³/mol. The van der Waals surface area contributed by atoms with E-state index in [-0.39, 0.29) is 24.6 Å². The van der Waals surface area contributed by atoms with Gasteiger partial charge in [-0.15, -0.1) is 0 Å². The Balaban J connectivity index is 1.64. The fourth-order valence-corrected chi connectivity index (χ4v) is 6.15. The number of thiazole rings is 1. The maximum absolute atomic E-state index is 14.2. The SMILES string of the molecule is CCCC1=C(C(=O)OCC)[C@@H](c2ccc(C(C)C)cc2)n2c(s/c(=C\c3ccccc3OCc3ccccc3F)c2=O)=N1. The Bertz CT molecular complexity index is 1840. The van der Waals surface area contributed by atoms with E-state index in [0.717, 1.165) is 12.0 Å². The van der Waals surface area contributed by atoms with Crippen LogP contribution in [0.4, 0.5) is 4.39 Å². The molecule has 3 aromatic carbocycles. The average Bonchev–Trinajstić information content (AvgIpc) is 3.31. The van der Waals surface area contributed by atoms with E-state index in [4.69, 9.17) is 14.5 Å². The van der Waals surface area contributed by atoms with E-state index in [1.807, 2.05) is 49.4 Å². The number of allylic oxidation sites excluding steroid dienone is 1. The third kappa shape index (κ3) is 6.39. The van der Waals surface area contributed by atoms with Crippen LogP contribution in [0.25, 0.3) is 6.08 Å². The normalized spacial score (nSPS) is 14.9. The van der Waals surface area contributed by atoms with Crippen molar-refractivity contribution in [2.45, 2.75) is 59.1 Å². The van der Waals surface area contributed by atoms with Crippen LogP contribution in [0.1, 0.15) is 74.8 Å². The molecule has 0 unspecified atom stereocenters. The fraction of sp³-hybridized carbons (Fsp3) is 0.286. The van der Waals surface area contributed by atoms with Crippen LogP contribution in [0.2, 0.25) is 0 Å². The molecule has 5 rings (SSSR count). The number of hydrogen-bond donors (Lipinski definition) is 0. The number of nitrogens with zero attached hydrogens (tertiary/aromatic N) is 2. The number of rotatable bonds is 10. The lowest BCUT2D eigenvalue weighted by molar-refractivity contribution is -0.139. The summed E-state index contributed by atoms with van der Waals surface area (Å²) in [5, 5.41) is 0. The van der Waals surface area contributed by atoms with Crippen molar-refractivity contribution in [3.05, 3.63) is 132 Å². The number of halogens is 1. The topological polar surface area (TPSA) is 69.9 Å². The molecule has 4 aromatic rings. The summed E-state index contributed by atoms with van der Waals surface area (Å²) in [7, 11) is 0. The van der Waals surface area contributed by atoms with Crippen molar-refractivity contribution in [1.29, 1.82) is 0 Å². The first-order valence-electron chi connectivity index (χ1n) is 14.6. The lowest BCUT2D eigenvalue weighted by Crippen LogP contribution is -2.40. The summed E-state index contributed by atoms with van der Waals surface area (Å²) < 4.78 is 27.8. The molecule has 1 aliphatic heterocycles. The van der Waals surface area contributed by atoms with Crippen LogP contribution in [-0.4, -0.2) is 17.1 Å². The third-order valence-corrected chi connectivity index (χ3v) is 8.34. The average molecular weight is 599 g/mol. The maximum Gasteiger partial charge on any atom is 0.338 e.